The smallest absolute Gasteiger partial charge is 0.147 e. The van der Waals surface area contributed by atoms with E-state index in [1.807, 2.05) is 18.9 Å². The minimum absolute atomic E-state index is 0.247. The highest BCUT2D eigenvalue weighted by molar-refractivity contribution is 9.10. The highest BCUT2D eigenvalue weighted by atomic mass is 79.9. The van der Waals surface area contributed by atoms with Crippen molar-refractivity contribution in [2.75, 3.05) is 11.9 Å². The van der Waals surface area contributed by atoms with E-state index >= 15 is 0 Å². The van der Waals surface area contributed by atoms with E-state index < -0.39 is 0 Å². The van der Waals surface area contributed by atoms with Crippen molar-refractivity contribution in [2.45, 2.75) is 13.5 Å². The summed E-state index contributed by atoms with van der Waals surface area (Å²) in [5, 5.41) is 0. The second-order valence-electron chi connectivity index (χ2n) is 4.11. The van der Waals surface area contributed by atoms with Crippen molar-refractivity contribution in [3.05, 3.63) is 52.1 Å². The predicted octanol–water partition coefficient (Wildman–Crippen LogP) is 3.32. The first-order chi connectivity index (χ1) is 8.56. The van der Waals surface area contributed by atoms with Crippen molar-refractivity contribution < 1.29 is 4.39 Å². The van der Waals surface area contributed by atoms with Gasteiger partial charge in [-0.1, -0.05) is 22.0 Å². The number of benzene rings is 1. The number of aryl methyl sites for hydroxylation is 1. The molecule has 0 saturated heterocycles. The van der Waals surface area contributed by atoms with E-state index in [0.717, 1.165) is 21.5 Å². The van der Waals surface area contributed by atoms with Crippen molar-refractivity contribution in [2.24, 2.45) is 0 Å². The first kappa shape index (κ1) is 13.0. The van der Waals surface area contributed by atoms with Crippen LogP contribution in [0.4, 0.5) is 10.2 Å². The van der Waals surface area contributed by atoms with Crippen LogP contribution in [0.2, 0.25) is 0 Å². The molecular weight excluding hydrogens is 297 g/mol. The lowest BCUT2D eigenvalue weighted by atomic mass is 10.2. The van der Waals surface area contributed by atoms with Crippen LogP contribution in [-0.4, -0.2) is 17.0 Å². The highest BCUT2D eigenvalue weighted by Crippen LogP contribution is 2.21. The van der Waals surface area contributed by atoms with Crippen LogP contribution in [0.15, 0.2) is 35.1 Å². The van der Waals surface area contributed by atoms with E-state index in [1.54, 1.807) is 18.5 Å². The molecule has 0 unspecified atom stereocenters. The third-order valence-electron chi connectivity index (χ3n) is 2.56. The van der Waals surface area contributed by atoms with Gasteiger partial charge in [0.05, 0.1) is 11.9 Å². The molecule has 0 fully saturated rings. The zero-order valence-electron chi connectivity index (χ0n) is 10.2. The third-order valence-corrected chi connectivity index (χ3v) is 3.29. The van der Waals surface area contributed by atoms with E-state index in [2.05, 4.69) is 25.9 Å². The third kappa shape index (κ3) is 3.04. The van der Waals surface area contributed by atoms with Gasteiger partial charge in [0.2, 0.25) is 0 Å². The Labute approximate surface area is 114 Å². The van der Waals surface area contributed by atoms with Crippen molar-refractivity contribution in [3.63, 3.8) is 0 Å². The maximum atomic E-state index is 13.0. The van der Waals surface area contributed by atoms with Crippen LogP contribution in [0, 0.1) is 12.7 Å². The van der Waals surface area contributed by atoms with Gasteiger partial charge in [-0.3, -0.25) is 4.98 Å². The van der Waals surface area contributed by atoms with E-state index in [9.17, 15) is 4.39 Å². The lowest BCUT2D eigenvalue weighted by molar-refractivity contribution is 0.625. The first-order valence-corrected chi connectivity index (χ1v) is 6.29. The minimum Gasteiger partial charge on any atom is -0.354 e. The molecular formula is C13H13BrFN3. The summed E-state index contributed by atoms with van der Waals surface area (Å²) in [7, 11) is 1.93. The topological polar surface area (TPSA) is 29.0 Å². The molecule has 5 heteroatoms. The van der Waals surface area contributed by atoms with Crippen LogP contribution >= 0.6 is 15.9 Å². The number of nitrogens with zero attached hydrogens (tertiary/aromatic N) is 3. The molecule has 0 atom stereocenters. The zero-order chi connectivity index (χ0) is 13.1. The first-order valence-electron chi connectivity index (χ1n) is 5.50. The van der Waals surface area contributed by atoms with Gasteiger partial charge in [0, 0.05) is 24.3 Å². The molecule has 94 valence electrons. The lowest BCUT2D eigenvalue weighted by Crippen LogP contribution is -2.18. The molecule has 0 aliphatic rings. The Kier molecular flexibility index (Phi) is 3.91. The van der Waals surface area contributed by atoms with E-state index in [0.29, 0.717) is 6.54 Å². The standard InChI is InChI=1S/C13H13BrFN3/c1-9-6-16-7-13(17-9)18(2)8-10-3-4-11(15)5-12(10)14/h3-7H,8H2,1-2H3. The summed E-state index contributed by atoms with van der Waals surface area (Å²) in [6, 6.07) is 4.68. The molecule has 0 radical (unpaired) electrons. The summed E-state index contributed by atoms with van der Waals surface area (Å²) >= 11 is 3.36. The van der Waals surface area contributed by atoms with Gasteiger partial charge in [0.15, 0.2) is 0 Å². The van der Waals surface area contributed by atoms with E-state index in [1.165, 1.54) is 12.1 Å². The Morgan fingerprint density at radius 2 is 2.11 bits per heavy atom. The second-order valence-corrected chi connectivity index (χ2v) is 4.96. The highest BCUT2D eigenvalue weighted by Gasteiger charge is 2.07. The largest absolute Gasteiger partial charge is 0.354 e. The number of hydrogen-bond donors (Lipinski definition) is 0. The molecule has 1 aromatic heterocycles. The molecule has 0 aliphatic heterocycles. The molecule has 0 aliphatic carbocycles. The maximum Gasteiger partial charge on any atom is 0.147 e. The Bertz CT molecular complexity index is 560. The molecule has 0 saturated carbocycles. The SMILES string of the molecule is Cc1cncc(N(C)Cc2ccc(F)cc2Br)n1. The molecule has 0 amide bonds. The fourth-order valence-electron chi connectivity index (χ4n) is 1.62. The van der Waals surface area contributed by atoms with Crippen molar-refractivity contribution >= 4 is 21.7 Å². The molecule has 2 aromatic rings. The van der Waals surface area contributed by atoms with Crippen LogP contribution in [0.1, 0.15) is 11.3 Å². The van der Waals surface area contributed by atoms with Crippen LogP contribution in [0.5, 0.6) is 0 Å². The van der Waals surface area contributed by atoms with Gasteiger partial charge in [0.1, 0.15) is 11.6 Å². The Morgan fingerprint density at radius 3 is 2.78 bits per heavy atom. The Morgan fingerprint density at radius 1 is 1.33 bits per heavy atom. The molecule has 1 aromatic carbocycles. The van der Waals surface area contributed by atoms with Crippen LogP contribution < -0.4 is 4.90 Å². The molecule has 0 bridgehead atoms. The van der Waals surface area contributed by atoms with Gasteiger partial charge in [-0.15, -0.1) is 0 Å². The van der Waals surface area contributed by atoms with E-state index in [4.69, 9.17) is 0 Å². The quantitative estimate of drug-likeness (QED) is 0.871. The van der Waals surface area contributed by atoms with Crippen molar-refractivity contribution in [3.8, 4) is 0 Å². The molecule has 0 spiro atoms. The van der Waals surface area contributed by atoms with Gasteiger partial charge in [-0.2, -0.15) is 0 Å². The molecule has 18 heavy (non-hydrogen) atoms. The fourth-order valence-corrected chi connectivity index (χ4v) is 2.10. The van der Waals surface area contributed by atoms with Gasteiger partial charge < -0.3 is 4.90 Å². The molecule has 0 N–H and O–H groups in total. The summed E-state index contributed by atoms with van der Waals surface area (Å²) in [4.78, 5) is 10.5. The average Bonchev–Trinajstić information content (AvgIpc) is 2.32. The molecule has 1 heterocycles. The summed E-state index contributed by atoms with van der Waals surface area (Å²) in [6.07, 6.45) is 3.43. The average molecular weight is 310 g/mol. The van der Waals surface area contributed by atoms with Crippen molar-refractivity contribution in [1.29, 1.82) is 0 Å². The summed E-state index contributed by atoms with van der Waals surface area (Å²) < 4.78 is 13.8. The van der Waals surface area contributed by atoms with Gasteiger partial charge in [0.25, 0.3) is 0 Å². The second kappa shape index (κ2) is 5.44. The summed E-state index contributed by atoms with van der Waals surface area (Å²) in [5.74, 6) is 0.551. The van der Waals surface area contributed by atoms with E-state index in [-0.39, 0.29) is 5.82 Å². The predicted molar refractivity (Wildman–Crippen MR) is 73.0 cm³/mol. The Balaban J connectivity index is 2.18. The Hall–Kier alpha value is -1.49. The minimum atomic E-state index is -0.247. The zero-order valence-corrected chi connectivity index (χ0v) is 11.8. The van der Waals surface area contributed by atoms with Crippen LogP contribution in [-0.2, 0) is 6.54 Å². The number of hydrogen-bond acceptors (Lipinski definition) is 3. The number of anilines is 1. The lowest BCUT2D eigenvalue weighted by Gasteiger charge is -2.18. The van der Waals surface area contributed by atoms with Gasteiger partial charge in [-0.05, 0) is 24.6 Å². The summed E-state index contributed by atoms with van der Waals surface area (Å²) in [6.45, 7) is 2.54. The fraction of sp³-hybridized carbons (Fsp3) is 0.231. The number of halogens is 2. The van der Waals surface area contributed by atoms with Crippen LogP contribution in [0.25, 0.3) is 0 Å². The monoisotopic (exact) mass is 309 g/mol. The number of aromatic nitrogens is 2. The normalized spacial score (nSPS) is 10.4. The van der Waals surface area contributed by atoms with Crippen molar-refractivity contribution in [1.82, 2.24) is 9.97 Å². The molecule has 2 rings (SSSR count). The van der Waals surface area contributed by atoms with Gasteiger partial charge in [-0.25, -0.2) is 9.37 Å². The molecule has 3 nitrogen and oxygen atoms in total. The van der Waals surface area contributed by atoms with Gasteiger partial charge >= 0.3 is 0 Å². The van der Waals surface area contributed by atoms with Crippen LogP contribution in [0.3, 0.4) is 0 Å². The maximum absolute atomic E-state index is 13.0. The number of rotatable bonds is 3. The summed E-state index contributed by atoms with van der Waals surface area (Å²) in [5.41, 5.74) is 1.87.